The Kier molecular flexibility index (Phi) is 2.31. The van der Waals surface area contributed by atoms with Crippen LogP contribution in [0.4, 0.5) is 0 Å². The Morgan fingerprint density at radius 3 is 2.06 bits per heavy atom. The molecule has 0 saturated heterocycles. The molecular weight excluding hydrogens is 198 g/mol. The van der Waals surface area contributed by atoms with Gasteiger partial charge in [0.1, 0.15) is 5.92 Å². The molecule has 2 nitrogen and oxygen atoms in total. The monoisotopic (exact) mass is 217 g/mol. The van der Waals surface area contributed by atoms with E-state index in [0.29, 0.717) is 11.8 Å². The van der Waals surface area contributed by atoms with Crippen molar-refractivity contribution in [2.24, 2.45) is 35.5 Å². The first-order valence-electron chi connectivity index (χ1n) is 6.62. The second-order valence-electron chi connectivity index (χ2n) is 6.21. The summed E-state index contributed by atoms with van der Waals surface area (Å²) in [4.78, 5) is 12.2. The number of Topliss-reactive ketones (excluding diaryl/α,β-unsaturated/α-hetero) is 1. The summed E-state index contributed by atoms with van der Waals surface area (Å²) in [7, 11) is 0. The van der Waals surface area contributed by atoms with Crippen LogP contribution >= 0.6 is 0 Å². The van der Waals surface area contributed by atoms with Gasteiger partial charge >= 0.3 is 0 Å². The van der Waals surface area contributed by atoms with Gasteiger partial charge in [0.05, 0.1) is 6.07 Å². The largest absolute Gasteiger partial charge is 0.298 e. The lowest BCUT2D eigenvalue weighted by atomic mass is 9.50. The Morgan fingerprint density at radius 2 is 1.62 bits per heavy atom. The maximum atomic E-state index is 12.2. The summed E-state index contributed by atoms with van der Waals surface area (Å²) < 4.78 is 0. The molecule has 4 aliphatic rings. The van der Waals surface area contributed by atoms with E-state index in [1.165, 1.54) is 32.1 Å². The van der Waals surface area contributed by atoms with Crippen LogP contribution in [0.3, 0.4) is 0 Å². The molecule has 4 fully saturated rings. The fourth-order valence-electron chi connectivity index (χ4n) is 4.74. The summed E-state index contributed by atoms with van der Waals surface area (Å²) in [6, 6.07) is 2.12. The summed E-state index contributed by atoms with van der Waals surface area (Å²) in [5.74, 6) is 3.16. The van der Waals surface area contributed by atoms with Crippen molar-refractivity contribution in [3.05, 3.63) is 0 Å². The Hall–Kier alpha value is -0.840. The van der Waals surface area contributed by atoms with Gasteiger partial charge in [0.15, 0.2) is 5.78 Å². The minimum absolute atomic E-state index is 0.238. The third kappa shape index (κ3) is 1.41. The van der Waals surface area contributed by atoms with Gasteiger partial charge in [-0.2, -0.15) is 5.26 Å². The normalized spacial score (nSPS) is 46.4. The quantitative estimate of drug-likeness (QED) is 0.713. The van der Waals surface area contributed by atoms with Crippen molar-refractivity contribution in [1.29, 1.82) is 5.26 Å². The van der Waals surface area contributed by atoms with Crippen molar-refractivity contribution < 1.29 is 4.79 Å². The smallest absolute Gasteiger partial charge is 0.153 e. The van der Waals surface area contributed by atoms with Crippen LogP contribution < -0.4 is 0 Å². The van der Waals surface area contributed by atoms with Crippen molar-refractivity contribution in [3.8, 4) is 6.07 Å². The number of hydrogen-bond acceptors (Lipinski definition) is 2. The van der Waals surface area contributed by atoms with E-state index in [-0.39, 0.29) is 17.6 Å². The van der Waals surface area contributed by atoms with Crippen molar-refractivity contribution in [1.82, 2.24) is 0 Å². The summed E-state index contributed by atoms with van der Waals surface area (Å²) in [6.07, 6.45) is 6.48. The van der Waals surface area contributed by atoms with Gasteiger partial charge in [-0.15, -0.1) is 0 Å². The predicted molar refractivity (Wildman–Crippen MR) is 60.3 cm³/mol. The molecule has 0 spiro atoms. The summed E-state index contributed by atoms with van der Waals surface area (Å²) in [5.41, 5.74) is 0. The molecule has 0 heterocycles. The van der Waals surface area contributed by atoms with E-state index in [0.717, 1.165) is 11.8 Å². The van der Waals surface area contributed by atoms with Crippen LogP contribution in [-0.2, 0) is 4.79 Å². The van der Waals surface area contributed by atoms with Gasteiger partial charge in [-0.1, -0.05) is 0 Å². The first-order chi connectivity index (χ1) is 7.69. The first kappa shape index (κ1) is 10.3. The van der Waals surface area contributed by atoms with Crippen LogP contribution in [0.1, 0.15) is 39.0 Å². The first-order valence-corrected chi connectivity index (χ1v) is 6.62. The number of hydrogen-bond donors (Lipinski definition) is 0. The Labute approximate surface area is 97.0 Å². The third-order valence-electron chi connectivity index (χ3n) is 5.18. The van der Waals surface area contributed by atoms with Crippen molar-refractivity contribution >= 4 is 5.78 Å². The van der Waals surface area contributed by atoms with E-state index in [1.807, 2.05) is 0 Å². The van der Waals surface area contributed by atoms with E-state index in [4.69, 9.17) is 5.26 Å². The zero-order valence-corrected chi connectivity index (χ0v) is 9.86. The maximum Gasteiger partial charge on any atom is 0.153 e. The van der Waals surface area contributed by atoms with E-state index >= 15 is 0 Å². The summed E-state index contributed by atoms with van der Waals surface area (Å²) in [6.45, 7) is 1.77. The van der Waals surface area contributed by atoms with Crippen LogP contribution in [0.15, 0.2) is 0 Å². The number of carbonyl (C=O) groups is 1. The highest BCUT2D eigenvalue weighted by Crippen LogP contribution is 2.57. The maximum absolute atomic E-state index is 12.2. The molecule has 4 saturated carbocycles. The SMILES string of the molecule is CC(C#N)C(=O)C1C2CC3CC(C2)CC1C3. The lowest BCUT2D eigenvalue weighted by Crippen LogP contribution is -2.49. The second-order valence-corrected chi connectivity index (χ2v) is 6.21. The molecule has 86 valence electrons. The molecule has 0 amide bonds. The zero-order chi connectivity index (χ0) is 11.3. The van der Waals surface area contributed by atoms with E-state index in [2.05, 4.69) is 6.07 Å². The fourth-order valence-corrected chi connectivity index (χ4v) is 4.74. The summed E-state index contributed by atoms with van der Waals surface area (Å²) in [5, 5.41) is 8.89. The zero-order valence-electron chi connectivity index (χ0n) is 9.86. The molecular formula is C14H19NO. The molecule has 0 N–H and O–H groups in total. The molecule has 0 radical (unpaired) electrons. The van der Waals surface area contributed by atoms with Crippen molar-refractivity contribution in [2.45, 2.75) is 39.0 Å². The molecule has 0 aliphatic heterocycles. The molecule has 4 aliphatic carbocycles. The van der Waals surface area contributed by atoms with Gasteiger partial charge in [0, 0.05) is 5.92 Å². The van der Waals surface area contributed by atoms with Gasteiger partial charge < -0.3 is 0 Å². The topological polar surface area (TPSA) is 40.9 Å². The minimum atomic E-state index is -0.387. The Balaban J connectivity index is 1.82. The van der Waals surface area contributed by atoms with E-state index in [9.17, 15) is 4.79 Å². The minimum Gasteiger partial charge on any atom is -0.298 e. The van der Waals surface area contributed by atoms with E-state index < -0.39 is 0 Å². The van der Waals surface area contributed by atoms with Gasteiger partial charge in [0.25, 0.3) is 0 Å². The van der Waals surface area contributed by atoms with Gasteiger partial charge in [-0.3, -0.25) is 4.79 Å². The van der Waals surface area contributed by atoms with Crippen LogP contribution in [0.5, 0.6) is 0 Å². The molecule has 0 aromatic carbocycles. The molecule has 1 atom stereocenters. The Morgan fingerprint density at radius 1 is 1.12 bits per heavy atom. The molecule has 4 rings (SSSR count). The highest BCUT2D eigenvalue weighted by Gasteiger charge is 2.51. The van der Waals surface area contributed by atoms with Crippen LogP contribution in [0, 0.1) is 46.8 Å². The second kappa shape index (κ2) is 3.58. The van der Waals surface area contributed by atoms with Crippen LogP contribution in [-0.4, -0.2) is 5.78 Å². The number of ketones is 1. The number of rotatable bonds is 2. The molecule has 4 bridgehead atoms. The molecule has 1 unspecified atom stereocenters. The van der Waals surface area contributed by atoms with Gasteiger partial charge in [0.2, 0.25) is 0 Å². The third-order valence-corrected chi connectivity index (χ3v) is 5.18. The highest BCUT2D eigenvalue weighted by atomic mass is 16.1. The summed E-state index contributed by atoms with van der Waals surface area (Å²) >= 11 is 0. The van der Waals surface area contributed by atoms with Gasteiger partial charge in [-0.05, 0) is 62.7 Å². The highest BCUT2D eigenvalue weighted by molar-refractivity contribution is 5.86. The number of nitriles is 1. The predicted octanol–water partition coefficient (Wildman–Crippen LogP) is 2.79. The average Bonchev–Trinajstić information content (AvgIpc) is 2.26. The lowest BCUT2D eigenvalue weighted by Gasteiger charge is -2.54. The molecule has 16 heavy (non-hydrogen) atoms. The molecule has 0 aromatic rings. The number of carbonyl (C=O) groups excluding carboxylic acids is 1. The van der Waals surface area contributed by atoms with Crippen molar-refractivity contribution in [3.63, 3.8) is 0 Å². The van der Waals surface area contributed by atoms with E-state index in [1.54, 1.807) is 6.92 Å². The standard InChI is InChI=1S/C14H19NO/c1-8(7-15)14(16)13-11-3-9-2-10(5-11)6-12(13)4-9/h8-13H,2-6H2,1H3. The molecule has 0 aromatic heterocycles. The fraction of sp³-hybridized carbons (Fsp3) is 0.857. The van der Waals surface area contributed by atoms with Crippen LogP contribution in [0.25, 0.3) is 0 Å². The number of nitrogens with zero attached hydrogens (tertiary/aromatic N) is 1. The van der Waals surface area contributed by atoms with Crippen molar-refractivity contribution in [2.75, 3.05) is 0 Å². The lowest BCUT2D eigenvalue weighted by molar-refractivity contribution is -0.137. The van der Waals surface area contributed by atoms with Gasteiger partial charge in [-0.25, -0.2) is 0 Å². The molecule has 2 heteroatoms. The average molecular weight is 217 g/mol. The Bertz CT molecular complexity index is 326. The van der Waals surface area contributed by atoms with Crippen LogP contribution in [0.2, 0.25) is 0 Å².